The summed E-state index contributed by atoms with van der Waals surface area (Å²) >= 11 is 0. The van der Waals surface area contributed by atoms with E-state index in [0.717, 1.165) is 16.8 Å². The minimum Gasteiger partial charge on any atom is -0.496 e. The number of methoxy groups -OCH3 is 2. The van der Waals surface area contributed by atoms with Gasteiger partial charge in [0.2, 0.25) is 5.91 Å². The fourth-order valence-corrected chi connectivity index (χ4v) is 4.45. The van der Waals surface area contributed by atoms with Gasteiger partial charge in [0.15, 0.2) is 0 Å². The van der Waals surface area contributed by atoms with Crippen molar-refractivity contribution in [2.45, 2.75) is 24.3 Å². The van der Waals surface area contributed by atoms with Crippen LogP contribution in [0.15, 0.2) is 48.5 Å². The van der Waals surface area contributed by atoms with E-state index in [4.69, 9.17) is 9.47 Å². The van der Waals surface area contributed by atoms with Crippen molar-refractivity contribution in [2.24, 2.45) is 0 Å². The number of carbonyl (C=O) groups excluding carboxylic acids is 2. The highest BCUT2D eigenvalue weighted by Gasteiger charge is 2.78. The van der Waals surface area contributed by atoms with Crippen LogP contribution in [0.2, 0.25) is 0 Å². The number of esters is 1. The Kier molecular flexibility index (Phi) is 3.35. The summed E-state index contributed by atoms with van der Waals surface area (Å²) in [5.41, 5.74) is 1.69. The first-order valence-corrected chi connectivity index (χ1v) is 8.19. The van der Waals surface area contributed by atoms with Crippen LogP contribution >= 0.6 is 0 Å². The van der Waals surface area contributed by atoms with Gasteiger partial charge in [-0.2, -0.15) is 0 Å². The topological polar surface area (TPSA) is 55.8 Å². The minimum atomic E-state index is -0.886. The molecule has 2 aromatic rings. The van der Waals surface area contributed by atoms with Crippen molar-refractivity contribution in [2.75, 3.05) is 19.1 Å². The van der Waals surface area contributed by atoms with Crippen LogP contribution in [0.1, 0.15) is 24.0 Å². The monoisotopic (exact) mass is 337 g/mol. The Morgan fingerprint density at radius 3 is 2.36 bits per heavy atom. The van der Waals surface area contributed by atoms with Crippen molar-refractivity contribution < 1.29 is 19.1 Å². The van der Waals surface area contributed by atoms with Gasteiger partial charge in [-0.3, -0.25) is 9.59 Å². The quantitative estimate of drug-likeness (QED) is 0.808. The lowest BCUT2D eigenvalue weighted by Gasteiger charge is -2.27. The molecule has 1 fully saturated rings. The van der Waals surface area contributed by atoms with Crippen LogP contribution in [0, 0.1) is 0 Å². The van der Waals surface area contributed by atoms with Crippen molar-refractivity contribution in [3.8, 4) is 5.75 Å². The lowest BCUT2D eigenvalue weighted by Crippen LogP contribution is -2.39. The van der Waals surface area contributed by atoms with Crippen molar-refractivity contribution >= 4 is 17.6 Å². The molecule has 0 spiro atoms. The van der Waals surface area contributed by atoms with Gasteiger partial charge in [0.1, 0.15) is 11.2 Å². The van der Waals surface area contributed by atoms with E-state index in [0.29, 0.717) is 5.75 Å². The van der Waals surface area contributed by atoms with Crippen LogP contribution in [-0.4, -0.2) is 32.1 Å². The molecule has 0 aromatic heterocycles. The van der Waals surface area contributed by atoms with Gasteiger partial charge in [0.25, 0.3) is 0 Å². The van der Waals surface area contributed by atoms with Gasteiger partial charge >= 0.3 is 5.97 Å². The number of ether oxygens (including phenoxy) is 2. The molecule has 1 aliphatic heterocycles. The maximum atomic E-state index is 12.9. The number of hydrogen-bond donors (Lipinski definition) is 0. The van der Waals surface area contributed by atoms with E-state index >= 15 is 0 Å². The lowest BCUT2D eigenvalue weighted by molar-refractivity contribution is -0.144. The first-order valence-electron chi connectivity index (χ1n) is 8.19. The van der Waals surface area contributed by atoms with E-state index in [-0.39, 0.29) is 23.8 Å². The molecule has 0 N–H and O–H groups in total. The summed E-state index contributed by atoms with van der Waals surface area (Å²) < 4.78 is 10.7. The Bertz CT molecular complexity index is 863. The van der Waals surface area contributed by atoms with Gasteiger partial charge in [-0.15, -0.1) is 0 Å². The van der Waals surface area contributed by atoms with Crippen LogP contribution in [0.25, 0.3) is 0 Å². The van der Waals surface area contributed by atoms with Gasteiger partial charge in [-0.25, -0.2) is 0 Å². The second kappa shape index (κ2) is 5.34. The first-order chi connectivity index (χ1) is 12.1. The molecule has 25 heavy (non-hydrogen) atoms. The van der Waals surface area contributed by atoms with Gasteiger partial charge in [0, 0.05) is 18.4 Å². The molecular formula is C20H19NO4. The molecule has 2 aromatic carbocycles. The number of anilines is 1. The standard InChI is InChI=1S/C20H19NO4/c1-12(22)21-14-10-7-11-15(24-2)16(14)17-18(21)20(17,19(23)25-3)13-8-5-4-6-9-13/h4-11,17-18H,1-3H3. The van der Waals surface area contributed by atoms with Gasteiger partial charge < -0.3 is 14.4 Å². The normalized spacial score (nSPS) is 25.8. The highest BCUT2D eigenvalue weighted by Crippen LogP contribution is 2.71. The van der Waals surface area contributed by atoms with E-state index in [1.165, 1.54) is 14.0 Å². The summed E-state index contributed by atoms with van der Waals surface area (Å²) in [6, 6.07) is 14.9. The summed E-state index contributed by atoms with van der Waals surface area (Å²) in [4.78, 5) is 27.0. The number of fused-ring (bicyclic) bond motifs is 3. The minimum absolute atomic E-state index is 0.0938. The van der Waals surface area contributed by atoms with Crippen molar-refractivity contribution in [3.63, 3.8) is 0 Å². The fourth-order valence-electron chi connectivity index (χ4n) is 4.45. The van der Waals surface area contributed by atoms with E-state index in [2.05, 4.69) is 0 Å². The molecule has 2 aliphatic rings. The maximum absolute atomic E-state index is 12.9. The van der Waals surface area contributed by atoms with E-state index < -0.39 is 5.41 Å². The van der Waals surface area contributed by atoms with Crippen LogP contribution in [0.4, 0.5) is 5.69 Å². The molecule has 1 saturated carbocycles. The highest BCUT2D eigenvalue weighted by molar-refractivity contribution is 6.05. The highest BCUT2D eigenvalue weighted by atomic mass is 16.5. The molecule has 5 nitrogen and oxygen atoms in total. The van der Waals surface area contributed by atoms with Gasteiger partial charge in [0.05, 0.1) is 25.9 Å². The molecule has 0 saturated heterocycles. The third-order valence-electron chi connectivity index (χ3n) is 5.39. The molecule has 3 unspecified atom stereocenters. The predicted molar refractivity (Wildman–Crippen MR) is 92.8 cm³/mol. The molecule has 0 radical (unpaired) electrons. The van der Waals surface area contributed by atoms with Gasteiger partial charge in [-0.1, -0.05) is 36.4 Å². The maximum Gasteiger partial charge on any atom is 0.319 e. The van der Waals surface area contributed by atoms with Crippen LogP contribution in [-0.2, 0) is 19.7 Å². The zero-order chi connectivity index (χ0) is 17.8. The van der Waals surface area contributed by atoms with Gasteiger partial charge in [-0.05, 0) is 17.7 Å². The lowest BCUT2D eigenvalue weighted by atomic mass is 9.88. The average Bonchev–Trinajstić information content (AvgIpc) is 3.18. The summed E-state index contributed by atoms with van der Waals surface area (Å²) in [6.07, 6.45) is 0. The molecule has 1 heterocycles. The zero-order valence-corrected chi connectivity index (χ0v) is 14.4. The molecule has 0 bridgehead atoms. The summed E-state index contributed by atoms with van der Waals surface area (Å²) in [5, 5.41) is 0. The Morgan fingerprint density at radius 1 is 1.04 bits per heavy atom. The molecular weight excluding hydrogens is 318 g/mol. The Balaban J connectivity index is 1.97. The number of nitrogens with zero attached hydrogens (tertiary/aromatic N) is 1. The van der Waals surface area contributed by atoms with E-state index in [1.54, 1.807) is 12.0 Å². The average molecular weight is 337 g/mol. The van der Waals surface area contributed by atoms with Crippen molar-refractivity contribution in [1.29, 1.82) is 0 Å². The predicted octanol–water partition coefficient (Wildman–Crippen LogP) is 2.64. The zero-order valence-electron chi connectivity index (χ0n) is 14.4. The second-order valence-corrected chi connectivity index (χ2v) is 6.43. The summed E-state index contributed by atoms with van der Waals surface area (Å²) in [6.45, 7) is 1.52. The van der Waals surface area contributed by atoms with E-state index in [9.17, 15) is 9.59 Å². The first kappa shape index (κ1) is 15.7. The molecule has 4 rings (SSSR count). The molecule has 3 atom stereocenters. The SMILES string of the molecule is COC(=O)C1(c2ccccc2)C2c3c(OC)cccc3N(C(C)=O)C21. The molecule has 1 amide bonds. The third kappa shape index (κ3) is 1.83. The van der Waals surface area contributed by atoms with Crippen LogP contribution in [0.3, 0.4) is 0 Å². The summed E-state index contributed by atoms with van der Waals surface area (Å²) in [5.74, 6) is 0.107. The Morgan fingerprint density at radius 2 is 1.76 bits per heavy atom. The molecule has 1 aliphatic carbocycles. The number of hydrogen-bond acceptors (Lipinski definition) is 4. The van der Waals surface area contributed by atoms with E-state index in [1.807, 2.05) is 48.5 Å². The molecule has 5 heteroatoms. The number of carbonyl (C=O) groups is 2. The summed E-state index contributed by atoms with van der Waals surface area (Å²) in [7, 11) is 2.99. The molecule has 128 valence electrons. The number of benzene rings is 2. The van der Waals surface area contributed by atoms with Crippen molar-refractivity contribution in [1.82, 2.24) is 0 Å². The van der Waals surface area contributed by atoms with Crippen molar-refractivity contribution in [3.05, 3.63) is 59.7 Å². The second-order valence-electron chi connectivity index (χ2n) is 6.43. The Labute approximate surface area is 146 Å². The number of amides is 1. The number of rotatable bonds is 3. The van der Waals surface area contributed by atoms with Crippen LogP contribution in [0.5, 0.6) is 5.75 Å². The van der Waals surface area contributed by atoms with Crippen LogP contribution < -0.4 is 9.64 Å². The smallest absolute Gasteiger partial charge is 0.319 e. The Hall–Kier alpha value is -2.82. The third-order valence-corrected chi connectivity index (χ3v) is 5.39. The largest absolute Gasteiger partial charge is 0.496 e. The fraction of sp³-hybridized carbons (Fsp3) is 0.300.